The topological polar surface area (TPSA) is 61.8 Å². The molecule has 2 aromatic carbocycles. The summed E-state index contributed by atoms with van der Waals surface area (Å²) in [7, 11) is 0. The maximum Gasteiger partial charge on any atom is 0.343 e. The van der Waals surface area contributed by atoms with Crippen LogP contribution in [0.25, 0.3) is 0 Å². The Hall–Kier alpha value is -3.08. The highest BCUT2D eigenvalue weighted by molar-refractivity contribution is 5.91. The van der Waals surface area contributed by atoms with Gasteiger partial charge in [0.15, 0.2) is 11.5 Å². The number of hydrogen-bond acceptors (Lipinski definition) is 5. The van der Waals surface area contributed by atoms with Gasteiger partial charge in [-0.15, -0.1) is 0 Å². The Bertz CT molecular complexity index is 844. The maximum absolute atomic E-state index is 12.5. The average molecular weight is 438 g/mol. The van der Waals surface area contributed by atoms with E-state index in [0.717, 1.165) is 25.3 Å². The Morgan fingerprint density at radius 3 is 2.22 bits per heavy atom. The zero-order chi connectivity index (χ0) is 23.0. The molecule has 0 bridgehead atoms. The minimum absolute atomic E-state index is 0.0872. The van der Waals surface area contributed by atoms with Crippen molar-refractivity contribution >= 4 is 11.9 Å². The zero-order valence-electron chi connectivity index (χ0n) is 18.9. The van der Waals surface area contributed by atoms with Crippen LogP contribution in [0, 0.1) is 6.07 Å². The number of unbranched alkanes of at least 4 members (excludes halogenated alkanes) is 8. The second kappa shape index (κ2) is 14.8. The molecule has 0 N–H and O–H groups in total. The lowest BCUT2D eigenvalue weighted by Crippen LogP contribution is -2.11. The first-order valence-electron chi connectivity index (χ1n) is 11.4. The van der Waals surface area contributed by atoms with Crippen LogP contribution in [0.2, 0.25) is 0 Å². The molecule has 0 atom stereocenters. The summed E-state index contributed by atoms with van der Waals surface area (Å²) in [6.07, 6.45) is 11.8. The van der Waals surface area contributed by atoms with E-state index in [-0.39, 0.29) is 17.2 Å². The van der Waals surface area contributed by atoms with Crippen LogP contribution in [0.4, 0.5) is 0 Å². The first-order chi connectivity index (χ1) is 15.7. The fourth-order valence-electron chi connectivity index (χ4n) is 3.20. The minimum atomic E-state index is -0.621. The summed E-state index contributed by atoms with van der Waals surface area (Å²) in [5.74, 6) is -0.720. The van der Waals surface area contributed by atoms with Gasteiger partial charge in [-0.3, -0.25) is 0 Å². The van der Waals surface area contributed by atoms with Crippen molar-refractivity contribution in [1.82, 2.24) is 0 Å². The monoisotopic (exact) mass is 437 g/mol. The molecule has 171 valence electrons. The zero-order valence-corrected chi connectivity index (χ0v) is 18.9. The van der Waals surface area contributed by atoms with E-state index < -0.39 is 11.9 Å². The molecule has 0 saturated carbocycles. The predicted molar refractivity (Wildman–Crippen MR) is 125 cm³/mol. The lowest BCUT2D eigenvalue weighted by atomic mass is 10.1. The van der Waals surface area contributed by atoms with Crippen LogP contribution in [0.15, 0.2) is 55.1 Å². The van der Waals surface area contributed by atoms with Gasteiger partial charge in [0, 0.05) is 12.1 Å². The molecule has 2 rings (SSSR count). The van der Waals surface area contributed by atoms with Crippen LogP contribution in [0.3, 0.4) is 0 Å². The summed E-state index contributed by atoms with van der Waals surface area (Å²) in [6, 6.07) is 14.6. The van der Waals surface area contributed by atoms with Crippen LogP contribution in [0.1, 0.15) is 75.1 Å². The van der Waals surface area contributed by atoms with E-state index >= 15 is 0 Å². The number of hydrogen-bond donors (Lipinski definition) is 0. The lowest BCUT2D eigenvalue weighted by molar-refractivity contribution is -0.129. The lowest BCUT2D eigenvalue weighted by Gasteiger charge is -2.15. The molecule has 0 amide bonds. The SMILES string of the molecule is C=CC(=O)Oc1cc[c]c(OC(=O)c2ccccc2)c1OCCCCCCCCCCC. The van der Waals surface area contributed by atoms with E-state index in [1.807, 2.05) is 6.07 Å². The van der Waals surface area contributed by atoms with Gasteiger partial charge in [0.25, 0.3) is 0 Å². The fourth-order valence-corrected chi connectivity index (χ4v) is 3.20. The van der Waals surface area contributed by atoms with Gasteiger partial charge in [-0.1, -0.05) is 83.1 Å². The van der Waals surface area contributed by atoms with Gasteiger partial charge in [-0.05, 0) is 30.7 Å². The molecule has 0 heterocycles. The summed E-state index contributed by atoms with van der Waals surface area (Å²) < 4.78 is 16.7. The standard InChI is InChI=1S/C27H33O5/c1-3-5-6-7-8-9-10-11-15-21-30-26-23(31-25(28)4-2)19-16-20-24(26)32-27(29)22-17-13-12-14-18-22/h4,12-14,16-19H,2-3,5-11,15,21H2,1H3. The van der Waals surface area contributed by atoms with Gasteiger partial charge in [0.1, 0.15) is 0 Å². The third-order valence-electron chi connectivity index (χ3n) is 4.95. The number of ether oxygens (including phenoxy) is 3. The molecular formula is C27H33O5. The van der Waals surface area contributed by atoms with Crippen molar-refractivity contribution in [3.05, 3.63) is 66.7 Å². The summed E-state index contributed by atoms with van der Waals surface area (Å²) in [5.41, 5.74) is 0.402. The molecule has 0 aromatic heterocycles. The molecule has 0 aliphatic rings. The Morgan fingerprint density at radius 1 is 0.906 bits per heavy atom. The van der Waals surface area contributed by atoms with Gasteiger partial charge in [-0.2, -0.15) is 0 Å². The predicted octanol–water partition coefficient (Wildman–Crippen LogP) is 6.71. The Labute approximate surface area is 191 Å². The number of carbonyl (C=O) groups excluding carboxylic acids is 2. The van der Waals surface area contributed by atoms with Gasteiger partial charge in [0.2, 0.25) is 5.75 Å². The number of benzene rings is 2. The van der Waals surface area contributed by atoms with Crippen LogP contribution in [0.5, 0.6) is 17.2 Å². The van der Waals surface area contributed by atoms with E-state index in [1.54, 1.807) is 30.3 Å². The number of rotatable bonds is 15. The molecule has 1 radical (unpaired) electrons. The molecule has 0 aliphatic heterocycles. The quantitative estimate of drug-likeness (QED) is 0.134. The fraction of sp³-hybridized carbons (Fsp3) is 0.407. The summed E-state index contributed by atoms with van der Waals surface area (Å²) >= 11 is 0. The summed E-state index contributed by atoms with van der Waals surface area (Å²) in [4.78, 5) is 24.2. The van der Waals surface area contributed by atoms with Crippen LogP contribution < -0.4 is 14.2 Å². The van der Waals surface area contributed by atoms with Gasteiger partial charge in [0.05, 0.1) is 12.2 Å². The first-order valence-corrected chi connectivity index (χ1v) is 11.4. The van der Waals surface area contributed by atoms with Crippen molar-refractivity contribution in [2.45, 2.75) is 64.7 Å². The summed E-state index contributed by atoms with van der Waals surface area (Å²) in [5, 5.41) is 0. The Balaban J connectivity index is 1.94. The Morgan fingerprint density at radius 2 is 1.56 bits per heavy atom. The van der Waals surface area contributed by atoms with E-state index in [0.29, 0.717) is 12.2 Å². The van der Waals surface area contributed by atoms with Crippen LogP contribution in [-0.4, -0.2) is 18.5 Å². The molecule has 0 saturated heterocycles. The third kappa shape index (κ3) is 8.96. The van der Waals surface area contributed by atoms with E-state index in [2.05, 4.69) is 19.6 Å². The largest absolute Gasteiger partial charge is 0.486 e. The molecule has 2 aromatic rings. The van der Waals surface area contributed by atoms with E-state index in [1.165, 1.54) is 44.6 Å². The Kier molecular flexibility index (Phi) is 11.7. The maximum atomic E-state index is 12.5. The van der Waals surface area contributed by atoms with Crippen molar-refractivity contribution in [1.29, 1.82) is 0 Å². The van der Waals surface area contributed by atoms with Crippen molar-refractivity contribution in [2.75, 3.05) is 6.61 Å². The highest BCUT2D eigenvalue weighted by Crippen LogP contribution is 2.37. The van der Waals surface area contributed by atoms with Crippen LogP contribution in [-0.2, 0) is 4.79 Å². The molecule has 0 unspecified atom stereocenters. The first kappa shape index (κ1) is 25.2. The summed E-state index contributed by atoms with van der Waals surface area (Å²) in [6.45, 7) is 6.06. The van der Waals surface area contributed by atoms with Crippen molar-refractivity contribution in [3.63, 3.8) is 0 Å². The van der Waals surface area contributed by atoms with Gasteiger partial charge >= 0.3 is 11.9 Å². The van der Waals surface area contributed by atoms with Gasteiger partial charge < -0.3 is 14.2 Å². The molecule has 0 aliphatic carbocycles. The van der Waals surface area contributed by atoms with Crippen molar-refractivity contribution in [2.24, 2.45) is 0 Å². The second-order valence-corrected chi connectivity index (χ2v) is 7.56. The van der Waals surface area contributed by atoms with Crippen molar-refractivity contribution in [3.8, 4) is 17.2 Å². The van der Waals surface area contributed by atoms with E-state index in [9.17, 15) is 9.59 Å². The molecule has 0 spiro atoms. The molecule has 5 nitrogen and oxygen atoms in total. The third-order valence-corrected chi connectivity index (χ3v) is 4.95. The second-order valence-electron chi connectivity index (χ2n) is 7.56. The molecular weight excluding hydrogens is 404 g/mol. The number of esters is 2. The molecule has 5 heteroatoms. The average Bonchev–Trinajstić information content (AvgIpc) is 2.82. The molecule has 0 fully saturated rings. The number of carbonyl (C=O) groups is 2. The smallest absolute Gasteiger partial charge is 0.343 e. The normalized spacial score (nSPS) is 10.4. The van der Waals surface area contributed by atoms with Crippen LogP contribution >= 0.6 is 0 Å². The van der Waals surface area contributed by atoms with E-state index in [4.69, 9.17) is 14.2 Å². The highest BCUT2D eigenvalue weighted by Gasteiger charge is 2.18. The van der Waals surface area contributed by atoms with Gasteiger partial charge in [-0.25, -0.2) is 9.59 Å². The minimum Gasteiger partial charge on any atom is -0.486 e. The molecule has 32 heavy (non-hydrogen) atoms. The highest BCUT2D eigenvalue weighted by atomic mass is 16.6. The van der Waals surface area contributed by atoms with Crippen molar-refractivity contribution < 1.29 is 23.8 Å².